The number of hydrogen-bond acceptors (Lipinski definition) is 4. The second-order valence-electron chi connectivity index (χ2n) is 7.42. The number of sulfone groups is 1. The third-order valence-corrected chi connectivity index (χ3v) is 7.17. The van der Waals surface area contributed by atoms with Crippen molar-refractivity contribution in [1.29, 1.82) is 0 Å². The molecule has 0 aromatic heterocycles. The van der Waals surface area contributed by atoms with Crippen molar-refractivity contribution in [3.8, 4) is 0 Å². The van der Waals surface area contributed by atoms with Gasteiger partial charge in [-0.2, -0.15) is 0 Å². The standard InChI is InChI=1S/C20H24N2O3S/c23-20(12-15-7-8-16-5-1-2-6-17(16)11-15)21-18-13-26(24,25)14-19(18)22-9-3-4-10-22/h1-2,5-8,11,18-19H,3-4,9-10,12-14H2,(H,21,23)/t18-,19-/m0/s1. The van der Waals surface area contributed by atoms with Crippen molar-refractivity contribution >= 4 is 26.5 Å². The summed E-state index contributed by atoms with van der Waals surface area (Å²) in [4.78, 5) is 14.8. The van der Waals surface area contributed by atoms with E-state index in [9.17, 15) is 13.2 Å². The summed E-state index contributed by atoms with van der Waals surface area (Å²) >= 11 is 0. The van der Waals surface area contributed by atoms with Gasteiger partial charge in [-0.15, -0.1) is 0 Å². The number of carbonyl (C=O) groups excluding carboxylic acids is 1. The molecule has 5 nitrogen and oxygen atoms in total. The highest BCUT2D eigenvalue weighted by atomic mass is 32.2. The number of benzene rings is 2. The average Bonchev–Trinajstić information content (AvgIpc) is 3.22. The Labute approximate surface area is 154 Å². The van der Waals surface area contributed by atoms with Crippen LogP contribution in [0.3, 0.4) is 0 Å². The molecule has 26 heavy (non-hydrogen) atoms. The van der Waals surface area contributed by atoms with Crippen LogP contribution < -0.4 is 5.32 Å². The molecule has 2 fully saturated rings. The molecule has 2 aromatic rings. The number of fused-ring (bicyclic) bond motifs is 1. The molecule has 138 valence electrons. The molecular formula is C20H24N2O3S. The molecule has 2 heterocycles. The lowest BCUT2D eigenvalue weighted by molar-refractivity contribution is -0.121. The number of rotatable bonds is 4. The van der Waals surface area contributed by atoms with E-state index in [1.54, 1.807) is 0 Å². The maximum Gasteiger partial charge on any atom is 0.224 e. The number of amides is 1. The van der Waals surface area contributed by atoms with Crippen LogP contribution in [-0.4, -0.2) is 55.9 Å². The molecule has 1 amide bonds. The zero-order chi connectivity index (χ0) is 18.1. The number of hydrogen-bond donors (Lipinski definition) is 1. The fourth-order valence-electron chi connectivity index (χ4n) is 4.19. The molecule has 0 aliphatic carbocycles. The van der Waals surface area contributed by atoms with Crippen LogP contribution in [0.5, 0.6) is 0 Å². The maximum atomic E-state index is 12.6. The van der Waals surface area contributed by atoms with E-state index in [1.165, 1.54) is 0 Å². The first-order chi connectivity index (χ1) is 12.5. The molecule has 2 atom stereocenters. The summed E-state index contributed by atoms with van der Waals surface area (Å²) in [6, 6.07) is 13.7. The summed E-state index contributed by atoms with van der Waals surface area (Å²) < 4.78 is 24.2. The minimum Gasteiger partial charge on any atom is -0.350 e. The Morgan fingerprint density at radius 3 is 2.54 bits per heavy atom. The molecule has 0 spiro atoms. The van der Waals surface area contributed by atoms with Crippen LogP contribution in [0.25, 0.3) is 10.8 Å². The van der Waals surface area contributed by atoms with Crippen molar-refractivity contribution < 1.29 is 13.2 Å². The Balaban J connectivity index is 1.45. The van der Waals surface area contributed by atoms with E-state index in [1.807, 2.05) is 42.5 Å². The van der Waals surface area contributed by atoms with Crippen LogP contribution in [0.15, 0.2) is 42.5 Å². The predicted octanol–water partition coefficient (Wildman–Crippen LogP) is 1.76. The van der Waals surface area contributed by atoms with E-state index in [-0.39, 0.29) is 35.9 Å². The summed E-state index contributed by atoms with van der Waals surface area (Å²) in [5.41, 5.74) is 0.944. The number of likely N-dealkylation sites (tertiary alicyclic amines) is 1. The topological polar surface area (TPSA) is 66.5 Å². The summed E-state index contributed by atoms with van der Waals surface area (Å²) in [6.07, 6.45) is 2.48. The van der Waals surface area contributed by atoms with Gasteiger partial charge in [0, 0.05) is 6.04 Å². The Morgan fingerprint density at radius 2 is 1.77 bits per heavy atom. The quantitative estimate of drug-likeness (QED) is 0.888. The van der Waals surface area contributed by atoms with E-state index in [0.29, 0.717) is 0 Å². The van der Waals surface area contributed by atoms with Crippen LogP contribution in [-0.2, 0) is 21.1 Å². The lowest BCUT2D eigenvalue weighted by Crippen LogP contribution is -2.50. The molecule has 4 rings (SSSR count). The van der Waals surface area contributed by atoms with Gasteiger partial charge in [0.25, 0.3) is 0 Å². The zero-order valence-electron chi connectivity index (χ0n) is 14.7. The fraction of sp³-hybridized carbons (Fsp3) is 0.450. The van der Waals surface area contributed by atoms with Crippen LogP contribution in [0, 0.1) is 0 Å². The SMILES string of the molecule is O=C(Cc1ccc2ccccc2c1)N[C@H]1CS(=O)(=O)C[C@@H]1N1CCCC1. The van der Waals surface area contributed by atoms with Gasteiger partial charge in [-0.05, 0) is 42.3 Å². The first-order valence-electron chi connectivity index (χ1n) is 9.22. The Bertz CT molecular complexity index is 920. The monoisotopic (exact) mass is 372 g/mol. The molecule has 2 aromatic carbocycles. The van der Waals surface area contributed by atoms with Gasteiger partial charge in [0.15, 0.2) is 9.84 Å². The number of carbonyl (C=O) groups is 1. The van der Waals surface area contributed by atoms with Gasteiger partial charge < -0.3 is 5.32 Å². The van der Waals surface area contributed by atoms with Gasteiger partial charge in [-0.1, -0.05) is 42.5 Å². The second-order valence-corrected chi connectivity index (χ2v) is 9.57. The minimum absolute atomic E-state index is 0.0532. The van der Waals surface area contributed by atoms with Crippen molar-refractivity contribution in [3.63, 3.8) is 0 Å². The zero-order valence-corrected chi connectivity index (χ0v) is 15.5. The number of nitrogens with zero attached hydrogens (tertiary/aromatic N) is 1. The smallest absolute Gasteiger partial charge is 0.224 e. The van der Waals surface area contributed by atoms with Crippen LogP contribution in [0.2, 0.25) is 0 Å². The molecule has 2 saturated heterocycles. The van der Waals surface area contributed by atoms with Gasteiger partial charge in [-0.3, -0.25) is 9.69 Å². The highest BCUT2D eigenvalue weighted by Gasteiger charge is 2.42. The molecule has 2 aliphatic heterocycles. The molecule has 0 radical (unpaired) electrons. The molecule has 2 aliphatic rings. The van der Waals surface area contributed by atoms with Gasteiger partial charge >= 0.3 is 0 Å². The van der Waals surface area contributed by atoms with Crippen molar-refractivity contribution in [2.45, 2.75) is 31.3 Å². The predicted molar refractivity (Wildman–Crippen MR) is 103 cm³/mol. The Morgan fingerprint density at radius 1 is 1.04 bits per heavy atom. The van der Waals surface area contributed by atoms with E-state index in [2.05, 4.69) is 10.2 Å². The third-order valence-electron chi connectivity index (χ3n) is 5.46. The maximum absolute atomic E-state index is 12.6. The van der Waals surface area contributed by atoms with E-state index in [4.69, 9.17) is 0 Å². The highest BCUT2D eigenvalue weighted by Crippen LogP contribution is 2.23. The van der Waals surface area contributed by atoms with E-state index in [0.717, 1.165) is 42.3 Å². The Kier molecular flexibility index (Phi) is 4.71. The molecule has 1 N–H and O–H groups in total. The van der Waals surface area contributed by atoms with Crippen molar-refractivity contribution in [3.05, 3.63) is 48.0 Å². The van der Waals surface area contributed by atoms with Crippen molar-refractivity contribution in [2.24, 2.45) is 0 Å². The van der Waals surface area contributed by atoms with Gasteiger partial charge in [0.1, 0.15) is 0 Å². The summed E-state index contributed by atoms with van der Waals surface area (Å²) in [5, 5.41) is 5.25. The summed E-state index contributed by atoms with van der Waals surface area (Å²) in [5.74, 6) is 0.109. The first-order valence-corrected chi connectivity index (χ1v) is 11.0. The van der Waals surface area contributed by atoms with E-state index < -0.39 is 9.84 Å². The molecule has 0 unspecified atom stereocenters. The normalized spacial score (nSPS) is 25.5. The van der Waals surface area contributed by atoms with Crippen molar-refractivity contribution in [2.75, 3.05) is 24.6 Å². The second kappa shape index (κ2) is 7.00. The largest absolute Gasteiger partial charge is 0.350 e. The van der Waals surface area contributed by atoms with Gasteiger partial charge in [-0.25, -0.2) is 8.42 Å². The molecule has 6 heteroatoms. The average molecular weight is 372 g/mol. The lowest BCUT2D eigenvalue weighted by atomic mass is 10.0. The van der Waals surface area contributed by atoms with Crippen molar-refractivity contribution in [1.82, 2.24) is 10.2 Å². The van der Waals surface area contributed by atoms with Gasteiger partial charge in [0.2, 0.25) is 5.91 Å². The third kappa shape index (κ3) is 3.76. The van der Waals surface area contributed by atoms with Gasteiger partial charge in [0.05, 0.1) is 24.0 Å². The number of nitrogens with one attached hydrogen (secondary N) is 1. The minimum atomic E-state index is -3.09. The first kappa shape index (κ1) is 17.5. The van der Waals surface area contributed by atoms with Crippen LogP contribution >= 0.6 is 0 Å². The Hall–Kier alpha value is -1.92. The lowest BCUT2D eigenvalue weighted by Gasteiger charge is -2.28. The molecule has 0 saturated carbocycles. The summed E-state index contributed by atoms with van der Waals surface area (Å²) in [6.45, 7) is 1.86. The van der Waals surface area contributed by atoms with Crippen LogP contribution in [0.4, 0.5) is 0 Å². The fourth-order valence-corrected chi connectivity index (χ4v) is 6.14. The molecular weight excluding hydrogens is 348 g/mol. The highest BCUT2D eigenvalue weighted by molar-refractivity contribution is 7.91. The van der Waals surface area contributed by atoms with E-state index >= 15 is 0 Å². The van der Waals surface area contributed by atoms with Crippen LogP contribution in [0.1, 0.15) is 18.4 Å². The molecule has 0 bridgehead atoms. The summed E-state index contributed by atoms with van der Waals surface area (Å²) in [7, 11) is -3.09.